The molecule has 3 unspecified atom stereocenters. The molecule has 98 valence electrons. The fourth-order valence-corrected chi connectivity index (χ4v) is 2.80. The van der Waals surface area contributed by atoms with Crippen molar-refractivity contribution in [2.75, 3.05) is 0 Å². The smallest absolute Gasteiger partial charge is 0.0629 e. The van der Waals surface area contributed by atoms with Gasteiger partial charge in [-0.3, -0.25) is 4.98 Å². The lowest BCUT2D eigenvalue weighted by Crippen LogP contribution is -2.15. The van der Waals surface area contributed by atoms with Crippen LogP contribution in [0.15, 0.2) is 48.7 Å². The van der Waals surface area contributed by atoms with Crippen molar-refractivity contribution in [2.45, 2.75) is 31.8 Å². The lowest BCUT2D eigenvalue weighted by molar-refractivity contribution is 0.148. The summed E-state index contributed by atoms with van der Waals surface area (Å²) in [5, 5.41) is 10.4. The van der Waals surface area contributed by atoms with Crippen LogP contribution in [0.5, 0.6) is 0 Å². The van der Waals surface area contributed by atoms with Crippen LogP contribution in [0.2, 0.25) is 0 Å². The molecule has 1 heterocycles. The van der Waals surface area contributed by atoms with Crippen molar-refractivity contribution < 1.29 is 5.11 Å². The van der Waals surface area contributed by atoms with Gasteiger partial charge in [-0.2, -0.15) is 0 Å². The molecule has 0 saturated heterocycles. The van der Waals surface area contributed by atoms with Gasteiger partial charge in [-0.25, -0.2) is 0 Å². The molecular formula is C17H19NO. The predicted molar refractivity (Wildman–Crippen MR) is 76.0 cm³/mol. The maximum Gasteiger partial charge on any atom is 0.0629 e. The van der Waals surface area contributed by atoms with Crippen LogP contribution in [0.1, 0.15) is 29.2 Å². The Hall–Kier alpha value is -1.67. The summed E-state index contributed by atoms with van der Waals surface area (Å²) in [5.74, 6) is 0.920. The van der Waals surface area contributed by atoms with E-state index < -0.39 is 0 Å². The number of pyridine rings is 1. The van der Waals surface area contributed by atoms with E-state index in [2.05, 4.69) is 42.2 Å². The van der Waals surface area contributed by atoms with E-state index in [9.17, 15) is 5.11 Å². The molecule has 2 aromatic rings. The van der Waals surface area contributed by atoms with Crippen molar-refractivity contribution in [1.29, 1.82) is 0 Å². The third-order valence-electron chi connectivity index (χ3n) is 4.08. The minimum atomic E-state index is -0.279. The van der Waals surface area contributed by atoms with Crippen LogP contribution in [0.25, 0.3) is 0 Å². The average molecular weight is 253 g/mol. The van der Waals surface area contributed by atoms with Crippen LogP contribution in [-0.2, 0) is 6.42 Å². The molecule has 0 amide bonds. The fraction of sp³-hybridized carbons (Fsp3) is 0.353. The topological polar surface area (TPSA) is 33.1 Å². The first kappa shape index (κ1) is 12.4. The van der Waals surface area contributed by atoms with Crippen molar-refractivity contribution in [1.82, 2.24) is 4.98 Å². The zero-order chi connectivity index (χ0) is 13.2. The second kappa shape index (κ2) is 5.14. The Labute approximate surface area is 114 Å². The number of aliphatic hydroxyl groups is 1. The van der Waals surface area contributed by atoms with Gasteiger partial charge in [0.25, 0.3) is 0 Å². The first-order valence-corrected chi connectivity index (χ1v) is 6.89. The Balaban J connectivity index is 1.64. The summed E-state index contributed by atoms with van der Waals surface area (Å²) < 4.78 is 0. The molecule has 2 heteroatoms. The molecule has 1 N–H and O–H groups in total. The summed E-state index contributed by atoms with van der Waals surface area (Å²) in [6.45, 7) is 2.05. The van der Waals surface area contributed by atoms with Crippen molar-refractivity contribution in [3.63, 3.8) is 0 Å². The lowest BCUT2D eigenvalue weighted by Gasteiger charge is -2.11. The Kier molecular flexibility index (Phi) is 3.34. The van der Waals surface area contributed by atoms with E-state index in [4.69, 9.17) is 0 Å². The number of aliphatic hydroxyl groups excluding tert-OH is 1. The molecule has 1 fully saturated rings. The Morgan fingerprint density at radius 3 is 2.74 bits per heavy atom. The van der Waals surface area contributed by atoms with Gasteiger partial charge in [0.2, 0.25) is 0 Å². The summed E-state index contributed by atoms with van der Waals surface area (Å²) in [6, 6.07) is 14.5. The maximum atomic E-state index is 10.4. The van der Waals surface area contributed by atoms with Crippen molar-refractivity contribution in [3.8, 4) is 0 Å². The summed E-state index contributed by atoms with van der Waals surface area (Å²) >= 11 is 0. The standard InChI is InChI=1S/C17H19NO/c1-12-6-5-9-18-16(12)11-17(19)15-10-14(15)13-7-3-2-4-8-13/h2-9,14-15,17,19H,10-11H2,1H3. The zero-order valence-electron chi connectivity index (χ0n) is 11.2. The highest BCUT2D eigenvalue weighted by Crippen LogP contribution is 2.49. The molecule has 1 aliphatic carbocycles. The molecule has 1 aliphatic rings. The molecule has 1 aromatic heterocycles. The summed E-state index contributed by atoms with van der Waals surface area (Å²) in [4.78, 5) is 4.37. The van der Waals surface area contributed by atoms with E-state index in [0.717, 1.165) is 12.1 Å². The highest BCUT2D eigenvalue weighted by atomic mass is 16.3. The van der Waals surface area contributed by atoms with E-state index in [1.54, 1.807) is 6.20 Å². The van der Waals surface area contributed by atoms with Gasteiger partial charge in [0.05, 0.1) is 6.10 Å². The van der Waals surface area contributed by atoms with Crippen LogP contribution in [0.3, 0.4) is 0 Å². The quantitative estimate of drug-likeness (QED) is 0.908. The highest BCUT2D eigenvalue weighted by molar-refractivity contribution is 5.27. The molecule has 2 nitrogen and oxygen atoms in total. The van der Waals surface area contributed by atoms with Gasteiger partial charge in [-0.15, -0.1) is 0 Å². The number of aromatic nitrogens is 1. The van der Waals surface area contributed by atoms with Gasteiger partial charge in [-0.05, 0) is 42.4 Å². The van der Waals surface area contributed by atoms with Gasteiger partial charge in [0.15, 0.2) is 0 Å². The second-order valence-corrected chi connectivity index (χ2v) is 5.46. The van der Waals surface area contributed by atoms with Gasteiger partial charge < -0.3 is 5.11 Å². The number of aryl methyl sites for hydroxylation is 1. The van der Waals surface area contributed by atoms with Gasteiger partial charge >= 0.3 is 0 Å². The van der Waals surface area contributed by atoms with Crippen LogP contribution < -0.4 is 0 Å². The fourth-order valence-electron chi connectivity index (χ4n) is 2.80. The molecular weight excluding hydrogens is 234 g/mol. The molecule has 0 aliphatic heterocycles. The minimum absolute atomic E-state index is 0.279. The van der Waals surface area contributed by atoms with Crippen molar-refractivity contribution in [3.05, 3.63) is 65.5 Å². The molecule has 3 atom stereocenters. The number of rotatable bonds is 4. The predicted octanol–water partition coefficient (Wildman–Crippen LogP) is 3.10. The molecule has 3 rings (SSSR count). The molecule has 1 saturated carbocycles. The van der Waals surface area contributed by atoms with Crippen LogP contribution >= 0.6 is 0 Å². The van der Waals surface area contributed by atoms with Crippen molar-refractivity contribution >= 4 is 0 Å². The van der Waals surface area contributed by atoms with E-state index in [1.807, 2.05) is 12.1 Å². The monoisotopic (exact) mass is 253 g/mol. The van der Waals surface area contributed by atoms with Gasteiger partial charge in [0, 0.05) is 18.3 Å². The molecule has 0 spiro atoms. The molecule has 0 radical (unpaired) electrons. The molecule has 1 aromatic carbocycles. The number of nitrogens with zero attached hydrogens (tertiary/aromatic N) is 1. The third-order valence-corrected chi connectivity index (χ3v) is 4.08. The highest BCUT2D eigenvalue weighted by Gasteiger charge is 2.43. The number of hydrogen-bond acceptors (Lipinski definition) is 2. The van der Waals surface area contributed by atoms with Gasteiger partial charge in [-0.1, -0.05) is 36.4 Å². The Bertz CT molecular complexity index is 552. The Morgan fingerprint density at radius 2 is 2.00 bits per heavy atom. The second-order valence-electron chi connectivity index (χ2n) is 5.46. The number of hydrogen-bond donors (Lipinski definition) is 1. The zero-order valence-corrected chi connectivity index (χ0v) is 11.2. The van der Waals surface area contributed by atoms with E-state index in [-0.39, 0.29) is 6.10 Å². The van der Waals surface area contributed by atoms with Gasteiger partial charge in [0.1, 0.15) is 0 Å². The summed E-state index contributed by atoms with van der Waals surface area (Å²) in [7, 11) is 0. The first-order chi connectivity index (χ1) is 9.25. The normalized spacial score (nSPS) is 23.1. The minimum Gasteiger partial charge on any atom is -0.392 e. The summed E-state index contributed by atoms with van der Waals surface area (Å²) in [6.07, 6.45) is 3.28. The molecule has 0 bridgehead atoms. The lowest BCUT2D eigenvalue weighted by atomic mass is 10.0. The van der Waals surface area contributed by atoms with E-state index in [1.165, 1.54) is 11.1 Å². The average Bonchev–Trinajstić information content (AvgIpc) is 3.23. The van der Waals surface area contributed by atoms with Crippen LogP contribution in [0, 0.1) is 12.8 Å². The number of benzene rings is 1. The Morgan fingerprint density at radius 1 is 1.21 bits per heavy atom. The van der Waals surface area contributed by atoms with E-state index in [0.29, 0.717) is 18.3 Å². The summed E-state index contributed by atoms with van der Waals surface area (Å²) in [5.41, 5.74) is 3.54. The maximum absolute atomic E-state index is 10.4. The van der Waals surface area contributed by atoms with Crippen molar-refractivity contribution in [2.24, 2.45) is 5.92 Å². The van der Waals surface area contributed by atoms with Crippen LogP contribution in [0.4, 0.5) is 0 Å². The SMILES string of the molecule is Cc1cccnc1CC(O)C1CC1c1ccccc1. The molecule has 19 heavy (non-hydrogen) atoms. The van der Waals surface area contributed by atoms with Crippen LogP contribution in [-0.4, -0.2) is 16.2 Å². The third kappa shape index (κ3) is 2.69. The largest absolute Gasteiger partial charge is 0.392 e. The first-order valence-electron chi connectivity index (χ1n) is 6.89. The van der Waals surface area contributed by atoms with E-state index >= 15 is 0 Å².